The van der Waals surface area contributed by atoms with Crippen molar-refractivity contribution in [2.24, 2.45) is 0 Å². The van der Waals surface area contributed by atoms with Gasteiger partial charge in [0.05, 0.1) is 11.3 Å². The summed E-state index contributed by atoms with van der Waals surface area (Å²) in [6.45, 7) is 5.71. The van der Waals surface area contributed by atoms with Crippen molar-refractivity contribution in [2.45, 2.75) is 45.3 Å². The lowest BCUT2D eigenvalue weighted by Crippen LogP contribution is -2.41. The Morgan fingerprint density at radius 1 is 1.21 bits per heavy atom. The molecule has 0 radical (unpaired) electrons. The summed E-state index contributed by atoms with van der Waals surface area (Å²) in [4.78, 5) is 0. The first-order chi connectivity index (χ1) is 13.3. The molecule has 0 amide bonds. The monoisotopic (exact) mass is 385 g/mol. The summed E-state index contributed by atoms with van der Waals surface area (Å²) >= 11 is 0. The van der Waals surface area contributed by atoms with E-state index in [0.717, 1.165) is 16.6 Å². The van der Waals surface area contributed by atoms with Gasteiger partial charge in [-0.3, -0.25) is 0 Å². The van der Waals surface area contributed by atoms with Crippen LogP contribution in [0.1, 0.15) is 36.9 Å². The van der Waals surface area contributed by atoms with Gasteiger partial charge in [0.15, 0.2) is 12.4 Å². The fourth-order valence-electron chi connectivity index (χ4n) is 4.00. The number of aryl methyl sites for hydroxylation is 2. The molecule has 7 heteroatoms. The summed E-state index contributed by atoms with van der Waals surface area (Å²) in [6.07, 6.45) is 3.43. The molecular formula is C21H24FN3O3. The second kappa shape index (κ2) is 6.83. The molecule has 1 N–H and O–H groups in total. The highest BCUT2D eigenvalue weighted by Crippen LogP contribution is 2.43. The van der Waals surface area contributed by atoms with E-state index in [4.69, 9.17) is 9.47 Å². The zero-order valence-corrected chi connectivity index (χ0v) is 16.5. The van der Waals surface area contributed by atoms with E-state index in [2.05, 4.69) is 14.8 Å². The molecule has 0 aliphatic heterocycles. The van der Waals surface area contributed by atoms with Crippen LogP contribution in [0.15, 0.2) is 24.4 Å². The SMILES string of the molecule is COCOc1c(C)cc(F)cc1-c1cc2c(C)cn(C3CC(C)(O)C3)c2nn1. The Labute approximate surface area is 162 Å². The maximum absolute atomic E-state index is 14.1. The minimum Gasteiger partial charge on any atom is -0.467 e. The van der Waals surface area contributed by atoms with Crippen molar-refractivity contribution in [1.82, 2.24) is 14.8 Å². The highest BCUT2D eigenvalue weighted by molar-refractivity contribution is 5.85. The summed E-state index contributed by atoms with van der Waals surface area (Å²) in [5.41, 5.74) is 2.97. The van der Waals surface area contributed by atoms with Crippen molar-refractivity contribution in [2.75, 3.05) is 13.9 Å². The lowest BCUT2D eigenvalue weighted by Gasteiger charge is -2.41. The van der Waals surface area contributed by atoms with Crippen LogP contribution in [0, 0.1) is 19.7 Å². The second-order valence-electron chi connectivity index (χ2n) is 7.90. The third-order valence-electron chi connectivity index (χ3n) is 5.36. The van der Waals surface area contributed by atoms with Gasteiger partial charge in [0.2, 0.25) is 0 Å². The number of aliphatic hydroxyl groups is 1. The number of hydrogen-bond acceptors (Lipinski definition) is 5. The third-order valence-corrected chi connectivity index (χ3v) is 5.36. The van der Waals surface area contributed by atoms with Crippen LogP contribution in [0.4, 0.5) is 4.39 Å². The van der Waals surface area contributed by atoms with Gasteiger partial charge in [-0.15, -0.1) is 10.2 Å². The van der Waals surface area contributed by atoms with Crippen molar-refractivity contribution in [3.05, 3.63) is 41.3 Å². The molecule has 0 bridgehead atoms. The number of benzene rings is 1. The Bertz CT molecular complexity index is 1040. The van der Waals surface area contributed by atoms with Gasteiger partial charge in [-0.1, -0.05) is 0 Å². The zero-order chi connectivity index (χ0) is 20.1. The van der Waals surface area contributed by atoms with Crippen LogP contribution in [-0.4, -0.2) is 39.4 Å². The van der Waals surface area contributed by atoms with Crippen LogP contribution in [0.3, 0.4) is 0 Å². The fraction of sp³-hybridized carbons (Fsp3) is 0.429. The number of methoxy groups -OCH3 is 1. The highest BCUT2D eigenvalue weighted by Gasteiger charge is 2.40. The lowest BCUT2D eigenvalue weighted by atomic mass is 9.77. The van der Waals surface area contributed by atoms with E-state index in [1.807, 2.05) is 26.1 Å². The van der Waals surface area contributed by atoms with Crippen LogP contribution in [0.5, 0.6) is 5.75 Å². The van der Waals surface area contributed by atoms with E-state index >= 15 is 0 Å². The molecule has 0 saturated heterocycles. The first kappa shape index (κ1) is 18.8. The summed E-state index contributed by atoms with van der Waals surface area (Å²) in [7, 11) is 1.54. The largest absolute Gasteiger partial charge is 0.467 e. The first-order valence-corrected chi connectivity index (χ1v) is 9.28. The van der Waals surface area contributed by atoms with Crippen LogP contribution in [-0.2, 0) is 4.74 Å². The van der Waals surface area contributed by atoms with Crippen molar-refractivity contribution in [3.8, 4) is 17.0 Å². The number of fused-ring (bicyclic) bond motifs is 1. The van der Waals surface area contributed by atoms with E-state index in [1.165, 1.54) is 19.2 Å². The number of rotatable bonds is 5. The Hall–Kier alpha value is -2.51. The van der Waals surface area contributed by atoms with Gasteiger partial charge in [-0.2, -0.15) is 0 Å². The normalized spacial score (nSPS) is 21.7. The summed E-state index contributed by atoms with van der Waals surface area (Å²) in [6, 6.07) is 4.95. The number of nitrogens with zero attached hydrogens (tertiary/aromatic N) is 3. The predicted molar refractivity (Wildman–Crippen MR) is 104 cm³/mol. The highest BCUT2D eigenvalue weighted by atomic mass is 19.1. The average molecular weight is 385 g/mol. The van der Waals surface area contributed by atoms with Gasteiger partial charge >= 0.3 is 0 Å². The molecule has 0 atom stereocenters. The van der Waals surface area contributed by atoms with Crippen molar-refractivity contribution < 1.29 is 19.0 Å². The summed E-state index contributed by atoms with van der Waals surface area (Å²) in [5.74, 6) is 0.175. The Morgan fingerprint density at radius 2 is 1.96 bits per heavy atom. The van der Waals surface area contributed by atoms with Gasteiger partial charge in [0.1, 0.15) is 11.6 Å². The van der Waals surface area contributed by atoms with E-state index in [1.54, 1.807) is 6.92 Å². The molecule has 2 heterocycles. The Morgan fingerprint density at radius 3 is 2.64 bits per heavy atom. The predicted octanol–water partition coefficient (Wildman–Crippen LogP) is 3.92. The standard InChI is InChI=1S/C21H24FN3O3/c1-12-5-14(22)6-17(19(12)28-11-27-4)18-7-16-13(2)10-25(20(16)24-23-18)15-8-21(3,26)9-15/h5-7,10,15,26H,8-9,11H2,1-4H3. The van der Waals surface area contributed by atoms with E-state index in [-0.39, 0.29) is 18.7 Å². The maximum Gasteiger partial charge on any atom is 0.188 e. The molecule has 0 unspecified atom stereocenters. The smallest absolute Gasteiger partial charge is 0.188 e. The topological polar surface area (TPSA) is 69.4 Å². The van der Waals surface area contributed by atoms with Crippen LogP contribution < -0.4 is 4.74 Å². The third kappa shape index (κ3) is 3.25. The number of ether oxygens (including phenoxy) is 2. The molecular weight excluding hydrogens is 361 g/mol. The summed E-state index contributed by atoms with van der Waals surface area (Å²) in [5, 5.41) is 19.8. The number of hydrogen-bond donors (Lipinski definition) is 1. The van der Waals surface area contributed by atoms with Gasteiger partial charge in [-0.25, -0.2) is 4.39 Å². The Balaban J connectivity index is 1.78. The molecule has 2 aromatic heterocycles. The van der Waals surface area contributed by atoms with Gasteiger partial charge in [0, 0.05) is 30.3 Å². The average Bonchev–Trinajstić information content (AvgIpc) is 2.94. The quantitative estimate of drug-likeness (QED) is 0.674. The molecule has 3 aromatic rings. The number of halogens is 1. The van der Waals surface area contributed by atoms with Gasteiger partial charge in [-0.05, 0) is 62.9 Å². The van der Waals surface area contributed by atoms with Crippen LogP contribution >= 0.6 is 0 Å². The van der Waals surface area contributed by atoms with Crippen LogP contribution in [0.25, 0.3) is 22.3 Å². The van der Waals surface area contributed by atoms with Crippen LogP contribution in [0.2, 0.25) is 0 Å². The summed E-state index contributed by atoms with van der Waals surface area (Å²) < 4.78 is 26.8. The molecule has 1 fully saturated rings. The maximum atomic E-state index is 14.1. The van der Waals surface area contributed by atoms with Crippen molar-refractivity contribution in [3.63, 3.8) is 0 Å². The molecule has 6 nitrogen and oxygen atoms in total. The van der Waals surface area contributed by atoms with E-state index in [0.29, 0.717) is 35.4 Å². The number of aromatic nitrogens is 3. The minimum atomic E-state index is -0.616. The molecule has 1 saturated carbocycles. The molecule has 1 aliphatic rings. The van der Waals surface area contributed by atoms with Gasteiger partial charge < -0.3 is 19.1 Å². The molecule has 1 aliphatic carbocycles. The van der Waals surface area contributed by atoms with Crippen molar-refractivity contribution >= 4 is 11.0 Å². The molecule has 148 valence electrons. The first-order valence-electron chi connectivity index (χ1n) is 9.28. The van der Waals surface area contributed by atoms with E-state index in [9.17, 15) is 9.50 Å². The molecule has 28 heavy (non-hydrogen) atoms. The minimum absolute atomic E-state index is 0.0617. The molecule has 0 spiro atoms. The van der Waals surface area contributed by atoms with Crippen molar-refractivity contribution in [1.29, 1.82) is 0 Å². The fourth-order valence-corrected chi connectivity index (χ4v) is 4.00. The molecule has 4 rings (SSSR count). The van der Waals surface area contributed by atoms with Gasteiger partial charge in [0.25, 0.3) is 0 Å². The Kier molecular flexibility index (Phi) is 4.59. The van der Waals surface area contributed by atoms with E-state index < -0.39 is 5.60 Å². The second-order valence-corrected chi connectivity index (χ2v) is 7.90. The zero-order valence-electron chi connectivity index (χ0n) is 16.5. The molecule has 1 aromatic carbocycles. The lowest BCUT2D eigenvalue weighted by molar-refractivity contribution is -0.0498.